The fourth-order valence-corrected chi connectivity index (χ4v) is 4.77. The van der Waals surface area contributed by atoms with Crippen LogP contribution >= 0.6 is 0 Å². The van der Waals surface area contributed by atoms with E-state index in [0.717, 1.165) is 6.04 Å². The Labute approximate surface area is 153 Å². The van der Waals surface area contributed by atoms with Gasteiger partial charge in [-0.05, 0) is 51.5 Å². The Morgan fingerprint density at radius 2 is 1.33 bits per heavy atom. The van der Waals surface area contributed by atoms with Crippen LogP contribution in [0.4, 0.5) is 0 Å². The predicted octanol–water partition coefficient (Wildman–Crippen LogP) is 7.26. The summed E-state index contributed by atoms with van der Waals surface area (Å²) in [7, 11) is 0. The summed E-state index contributed by atoms with van der Waals surface area (Å²) in [6, 6.07) is 0.917. The van der Waals surface area contributed by atoms with Gasteiger partial charge in [0, 0.05) is 0 Å². The maximum Gasteiger partial charge on any atom is 0.0973 e. The number of unbranched alkanes of at least 4 members (excludes halogenated alkanes) is 9. The van der Waals surface area contributed by atoms with E-state index < -0.39 is 0 Å². The van der Waals surface area contributed by atoms with Gasteiger partial charge in [-0.25, -0.2) is 0 Å². The zero-order chi connectivity index (χ0) is 17.5. The highest BCUT2D eigenvalue weighted by molar-refractivity contribution is 4.73. The summed E-state index contributed by atoms with van der Waals surface area (Å²) in [5, 5.41) is 0. The van der Waals surface area contributed by atoms with Crippen molar-refractivity contribution < 1.29 is 4.48 Å². The molecule has 1 nitrogen and oxygen atoms in total. The van der Waals surface area contributed by atoms with Crippen LogP contribution in [-0.2, 0) is 0 Å². The SMILES string of the molecule is C=CC[N+](CC)(CCCCCCCCCCCC)C1CCCCC1. The molecule has 1 saturated carbocycles. The van der Waals surface area contributed by atoms with Crippen LogP contribution in [-0.4, -0.2) is 30.2 Å². The van der Waals surface area contributed by atoms with E-state index in [0.29, 0.717) is 0 Å². The van der Waals surface area contributed by atoms with Crippen LogP contribution < -0.4 is 0 Å². The van der Waals surface area contributed by atoms with Crippen LogP contribution in [0.5, 0.6) is 0 Å². The maximum absolute atomic E-state index is 4.07. The Morgan fingerprint density at radius 1 is 0.792 bits per heavy atom. The molecule has 0 aromatic carbocycles. The molecule has 1 fully saturated rings. The van der Waals surface area contributed by atoms with Crippen LogP contribution in [0.1, 0.15) is 110 Å². The van der Waals surface area contributed by atoms with Crippen LogP contribution in [0.2, 0.25) is 0 Å². The summed E-state index contributed by atoms with van der Waals surface area (Å²) in [6.07, 6.45) is 23.9. The molecule has 1 rings (SSSR count). The van der Waals surface area contributed by atoms with E-state index in [-0.39, 0.29) is 0 Å². The minimum Gasteiger partial charge on any atom is -0.318 e. The van der Waals surface area contributed by atoms with Crippen molar-refractivity contribution in [3.63, 3.8) is 0 Å². The molecule has 142 valence electrons. The van der Waals surface area contributed by atoms with Crippen molar-refractivity contribution in [2.75, 3.05) is 19.6 Å². The smallest absolute Gasteiger partial charge is 0.0973 e. The summed E-state index contributed by atoms with van der Waals surface area (Å²) in [5.41, 5.74) is 0. The summed E-state index contributed by atoms with van der Waals surface area (Å²) >= 11 is 0. The first-order valence-electron chi connectivity index (χ1n) is 11.3. The Kier molecular flexibility index (Phi) is 12.6. The monoisotopic (exact) mass is 336 g/mol. The molecule has 0 N–H and O–H groups in total. The van der Waals surface area contributed by atoms with Gasteiger partial charge in [-0.15, -0.1) is 0 Å². The lowest BCUT2D eigenvalue weighted by atomic mass is 9.91. The highest BCUT2D eigenvalue weighted by Crippen LogP contribution is 2.29. The van der Waals surface area contributed by atoms with Crippen LogP contribution in [0.3, 0.4) is 0 Å². The Hall–Kier alpha value is -0.300. The minimum absolute atomic E-state index is 0.917. The first-order chi connectivity index (χ1) is 11.8. The lowest BCUT2D eigenvalue weighted by Gasteiger charge is -2.45. The first-order valence-corrected chi connectivity index (χ1v) is 11.3. The van der Waals surface area contributed by atoms with Gasteiger partial charge in [0.05, 0.1) is 25.7 Å². The van der Waals surface area contributed by atoms with Gasteiger partial charge in [0.25, 0.3) is 0 Å². The van der Waals surface area contributed by atoms with Crippen molar-refractivity contribution in [3.8, 4) is 0 Å². The second-order valence-electron chi connectivity index (χ2n) is 8.20. The minimum atomic E-state index is 0.917. The van der Waals surface area contributed by atoms with Gasteiger partial charge in [-0.2, -0.15) is 0 Å². The van der Waals surface area contributed by atoms with Crippen molar-refractivity contribution in [3.05, 3.63) is 12.7 Å². The molecule has 0 spiro atoms. The van der Waals surface area contributed by atoms with E-state index in [1.54, 1.807) is 0 Å². The molecular weight excluding hydrogens is 290 g/mol. The van der Waals surface area contributed by atoms with E-state index >= 15 is 0 Å². The normalized spacial score (nSPS) is 18.4. The molecule has 1 heteroatoms. The number of hydrogen-bond donors (Lipinski definition) is 0. The molecule has 0 aromatic heterocycles. The molecule has 0 bridgehead atoms. The van der Waals surface area contributed by atoms with Crippen molar-refractivity contribution in [1.29, 1.82) is 0 Å². The highest BCUT2D eigenvalue weighted by Gasteiger charge is 2.34. The van der Waals surface area contributed by atoms with Gasteiger partial charge in [-0.1, -0.05) is 71.3 Å². The summed E-state index contributed by atoms with van der Waals surface area (Å²) < 4.78 is 1.33. The van der Waals surface area contributed by atoms with Crippen LogP contribution in [0.15, 0.2) is 12.7 Å². The van der Waals surface area contributed by atoms with Crippen molar-refractivity contribution in [2.24, 2.45) is 0 Å². The molecule has 0 aromatic rings. The third-order valence-corrected chi connectivity index (χ3v) is 6.43. The summed E-state index contributed by atoms with van der Waals surface area (Å²) in [4.78, 5) is 0. The summed E-state index contributed by atoms with van der Waals surface area (Å²) in [6.45, 7) is 12.7. The number of nitrogens with zero attached hydrogens (tertiary/aromatic N) is 1. The van der Waals surface area contributed by atoms with E-state index in [2.05, 4.69) is 26.5 Å². The average Bonchev–Trinajstić information content (AvgIpc) is 2.63. The summed E-state index contributed by atoms with van der Waals surface area (Å²) in [5.74, 6) is 0. The maximum atomic E-state index is 4.07. The molecule has 1 atom stereocenters. The van der Waals surface area contributed by atoms with E-state index in [9.17, 15) is 0 Å². The Morgan fingerprint density at radius 3 is 1.83 bits per heavy atom. The second-order valence-corrected chi connectivity index (χ2v) is 8.20. The van der Waals surface area contributed by atoms with Crippen molar-refractivity contribution in [1.82, 2.24) is 0 Å². The fourth-order valence-electron chi connectivity index (χ4n) is 4.77. The zero-order valence-electron chi connectivity index (χ0n) is 17.0. The van der Waals surface area contributed by atoms with Gasteiger partial charge in [0.2, 0.25) is 0 Å². The fraction of sp³-hybridized carbons (Fsp3) is 0.913. The quantitative estimate of drug-likeness (QED) is 0.168. The average molecular weight is 337 g/mol. The molecule has 0 heterocycles. The molecule has 1 unspecified atom stereocenters. The van der Waals surface area contributed by atoms with Crippen LogP contribution in [0, 0.1) is 0 Å². The molecular formula is C23H46N+. The number of rotatable bonds is 15. The van der Waals surface area contributed by atoms with E-state index in [1.165, 1.54) is 120 Å². The van der Waals surface area contributed by atoms with Gasteiger partial charge < -0.3 is 4.48 Å². The lowest BCUT2D eigenvalue weighted by molar-refractivity contribution is -0.946. The van der Waals surface area contributed by atoms with E-state index in [1.807, 2.05) is 0 Å². The Balaban J connectivity index is 2.19. The largest absolute Gasteiger partial charge is 0.318 e. The highest BCUT2D eigenvalue weighted by atomic mass is 15.4. The standard InChI is InChI=1S/C23H46N/c1-4-7-8-9-10-11-12-13-14-18-22-24(6-3,21-5-2)23-19-16-15-17-20-23/h5,23H,2,4,6-22H2,1,3H3/q+1. The van der Waals surface area contributed by atoms with Gasteiger partial charge in [0.1, 0.15) is 0 Å². The molecule has 0 radical (unpaired) electrons. The molecule has 0 amide bonds. The molecule has 0 aliphatic heterocycles. The number of hydrogen-bond acceptors (Lipinski definition) is 0. The van der Waals surface area contributed by atoms with Gasteiger partial charge in [0.15, 0.2) is 0 Å². The third kappa shape index (κ3) is 8.19. The van der Waals surface area contributed by atoms with E-state index in [4.69, 9.17) is 0 Å². The second kappa shape index (κ2) is 13.9. The topological polar surface area (TPSA) is 0 Å². The Bertz CT molecular complexity index is 292. The third-order valence-electron chi connectivity index (χ3n) is 6.43. The first kappa shape index (κ1) is 21.7. The van der Waals surface area contributed by atoms with Gasteiger partial charge >= 0.3 is 0 Å². The van der Waals surface area contributed by atoms with Crippen molar-refractivity contribution >= 4 is 0 Å². The van der Waals surface area contributed by atoms with Crippen LogP contribution in [0.25, 0.3) is 0 Å². The zero-order valence-corrected chi connectivity index (χ0v) is 17.0. The molecule has 24 heavy (non-hydrogen) atoms. The number of likely N-dealkylation sites (N-methyl/N-ethyl adjacent to an activating group) is 1. The van der Waals surface area contributed by atoms with Crippen molar-refractivity contribution in [2.45, 2.75) is 116 Å². The molecule has 0 saturated heterocycles. The predicted molar refractivity (Wildman–Crippen MR) is 109 cm³/mol. The van der Waals surface area contributed by atoms with Gasteiger partial charge in [-0.3, -0.25) is 0 Å². The molecule has 1 aliphatic rings. The number of quaternary nitrogens is 1. The lowest BCUT2D eigenvalue weighted by Crippen LogP contribution is -2.56. The molecule has 1 aliphatic carbocycles.